The van der Waals surface area contributed by atoms with E-state index in [1.807, 2.05) is 6.07 Å². The fourth-order valence-corrected chi connectivity index (χ4v) is 2.50. The Balaban J connectivity index is 1.90. The highest BCUT2D eigenvalue weighted by molar-refractivity contribution is 5.92. The number of nitro groups is 1. The Morgan fingerprint density at radius 2 is 1.95 bits per heavy atom. The van der Waals surface area contributed by atoms with Crippen LogP contribution in [0.15, 0.2) is 42.5 Å². The van der Waals surface area contributed by atoms with Crippen LogP contribution in [0.25, 0.3) is 0 Å². The van der Waals surface area contributed by atoms with Gasteiger partial charge in [0, 0.05) is 18.6 Å². The summed E-state index contributed by atoms with van der Waals surface area (Å²) >= 11 is 0. The van der Waals surface area contributed by atoms with Crippen molar-refractivity contribution in [1.82, 2.24) is 0 Å². The first-order valence-corrected chi connectivity index (χ1v) is 6.70. The summed E-state index contributed by atoms with van der Waals surface area (Å²) in [6.45, 7) is 0. The molecule has 0 saturated carbocycles. The van der Waals surface area contributed by atoms with Crippen molar-refractivity contribution in [2.75, 3.05) is 7.11 Å². The first-order valence-electron chi connectivity index (χ1n) is 6.70. The van der Waals surface area contributed by atoms with Crippen LogP contribution in [0.3, 0.4) is 0 Å². The fraction of sp³-hybridized carbons (Fsp3) is 0.188. The highest BCUT2D eigenvalue weighted by Crippen LogP contribution is 2.33. The number of ether oxygens (including phenoxy) is 2. The average molecular weight is 299 g/mol. The third kappa shape index (κ3) is 2.50. The van der Waals surface area contributed by atoms with Gasteiger partial charge < -0.3 is 9.47 Å². The van der Waals surface area contributed by atoms with Gasteiger partial charge in [0.2, 0.25) is 0 Å². The topological polar surface area (TPSA) is 78.7 Å². The summed E-state index contributed by atoms with van der Waals surface area (Å²) < 4.78 is 10.6. The van der Waals surface area contributed by atoms with Gasteiger partial charge in [-0.3, -0.25) is 10.1 Å². The number of benzene rings is 2. The monoisotopic (exact) mass is 299 g/mol. The zero-order valence-electron chi connectivity index (χ0n) is 11.8. The Morgan fingerprint density at radius 3 is 2.59 bits per heavy atom. The highest BCUT2D eigenvalue weighted by atomic mass is 16.6. The first-order chi connectivity index (χ1) is 10.6. The average Bonchev–Trinajstić information content (AvgIpc) is 2.54. The predicted molar refractivity (Wildman–Crippen MR) is 78.0 cm³/mol. The molecule has 2 aromatic carbocycles. The first kappa shape index (κ1) is 14.1. The molecule has 0 bridgehead atoms. The van der Waals surface area contributed by atoms with E-state index in [0.29, 0.717) is 17.7 Å². The zero-order chi connectivity index (χ0) is 15.7. The normalized spacial score (nSPS) is 16.6. The molecule has 1 atom stereocenters. The predicted octanol–water partition coefficient (Wildman–Crippen LogP) is 3.06. The van der Waals surface area contributed by atoms with Crippen LogP contribution < -0.4 is 4.74 Å². The molecule has 0 spiro atoms. The Labute approximate surface area is 126 Å². The number of carbonyl (C=O) groups is 1. The lowest BCUT2D eigenvalue weighted by molar-refractivity contribution is -0.384. The molecule has 1 aliphatic rings. The summed E-state index contributed by atoms with van der Waals surface area (Å²) in [6.07, 6.45) is 0.0590. The van der Waals surface area contributed by atoms with E-state index < -0.39 is 17.0 Å². The second-order valence-electron chi connectivity index (χ2n) is 4.97. The molecule has 3 rings (SSSR count). The molecule has 6 nitrogen and oxygen atoms in total. The van der Waals surface area contributed by atoms with Crippen molar-refractivity contribution >= 4 is 11.7 Å². The van der Waals surface area contributed by atoms with E-state index in [2.05, 4.69) is 0 Å². The van der Waals surface area contributed by atoms with E-state index in [4.69, 9.17) is 9.47 Å². The molecule has 0 radical (unpaired) electrons. The molecule has 0 fully saturated rings. The molecule has 6 heteroatoms. The molecule has 1 aliphatic heterocycles. The van der Waals surface area contributed by atoms with Gasteiger partial charge in [0.05, 0.1) is 17.6 Å². The van der Waals surface area contributed by atoms with Crippen LogP contribution in [0.1, 0.15) is 27.6 Å². The molecular formula is C16H13NO5. The number of esters is 1. The number of non-ortho nitro benzene ring substituents is 1. The van der Waals surface area contributed by atoms with Crippen LogP contribution in [0.5, 0.6) is 5.75 Å². The number of nitrogens with zero attached hydrogens (tertiary/aromatic N) is 1. The van der Waals surface area contributed by atoms with E-state index in [-0.39, 0.29) is 5.69 Å². The Morgan fingerprint density at radius 1 is 1.23 bits per heavy atom. The number of hydrogen-bond acceptors (Lipinski definition) is 5. The molecule has 0 amide bonds. The minimum absolute atomic E-state index is 0.00737. The van der Waals surface area contributed by atoms with Crippen molar-refractivity contribution in [3.63, 3.8) is 0 Å². The van der Waals surface area contributed by atoms with Gasteiger partial charge in [-0.25, -0.2) is 4.79 Å². The minimum Gasteiger partial charge on any atom is -0.497 e. The maximum atomic E-state index is 12.1. The van der Waals surface area contributed by atoms with Crippen LogP contribution in [-0.2, 0) is 11.2 Å². The SMILES string of the molecule is COc1ccc2c(c1)CC(c1ccc([N+](=O)[O-])cc1)OC2=O. The van der Waals surface area contributed by atoms with Crippen molar-refractivity contribution < 1.29 is 19.2 Å². The van der Waals surface area contributed by atoms with Gasteiger partial charge in [0.15, 0.2) is 0 Å². The smallest absolute Gasteiger partial charge is 0.339 e. The number of rotatable bonds is 3. The standard InChI is InChI=1S/C16H13NO5/c1-21-13-6-7-14-11(8-13)9-15(22-16(14)18)10-2-4-12(5-3-10)17(19)20/h2-8,15H,9H2,1H3. The zero-order valence-corrected chi connectivity index (χ0v) is 11.8. The van der Waals surface area contributed by atoms with Gasteiger partial charge in [-0.2, -0.15) is 0 Å². The van der Waals surface area contributed by atoms with Crippen molar-refractivity contribution in [1.29, 1.82) is 0 Å². The number of methoxy groups -OCH3 is 1. The summed E-state index contributed by atoms with van der Waals surface area (Å²) in [4.78, 5) is 22.3. The molecule has 0 N–H and O–H groups in total. The third-order valence-corrected chi connectivity index (χ3v) is 3.66. The number of nitro benzene ring substituents is 1. The molecule has 2 aromatic rings. The van der Waals surface area contributed by atoms with E-state index in [9.17, 15) is 14.9 Å². The minimum atomic E-state index is -0.461. The number of cyclic esters (lactones) is 1. The lowest BCUT2D eigenvalue weighted by Crippen LogP contribution is -2.21. The van der Waals surface area contributed by atoms with Gasteiger partial charge in [0.1, 0.15) is 11.9 Å². The second-order valence-corrected chi connectivity index (χ2v) is 4.97. The highest BCUT2D eigenvalue weighted by Gasteiger charge is 2.28. The fourth-order valence-electron chi connectivity index (χ4n) is 2.50. The number of fused-ring (bicyclic) bond motifs is 1. The van der Waals surface area contributed by atoms with Gasteiger partial charge in [-0.15, -0.1) is 0 Å². The van der Waals surface area contributed by atoms with Crippen LogP contribution in [0.4, 0.5) is 5.69 Å². The van der Waals surface area contributed by atoms with Crippen LogP contribution >= 0.6 is 0 Å². The summed E-state index contributed by atoms with van der Waals surface area (Å²) in [5.41, 5.74) is 2.11. The van der Waals surface area contributed by atoms with Crippen LogP contribution in [0, 0.1) is 10.1 Å². The Hall–Kier alpha value is -2.89. The van der Waals surface area contributed by atoms with Gasteiger partial charge in [-0.1, -0.05) is 0 Å². The molecule has 112 valence electrons. The summed E-state index contributed by atoms with van der Waals surface area (Å²) in [7, 11) is 1.57. The molecule has 22 heavy (non-hydrogen) atoms. The quantitative estimate of drug-likeness (QED) is 0.494. The Bertz CT molecular complexity index is 739. The van der Waals surface area contributed by atoms with E-state index >= 15 is 0 Å². The van der Waals surface area contributed by atoms with Crippen molar-refractivity contribution in [2.45, 2.75) is 12.5 Å². The molecule has 0 aromatic heterocycles. The van der Waals surface area contributed by atoms with E-state index in [1.165, 1.54) is 12.1 Å². The van der Waals surface area contributed by atoms with Gasteiger partial charge >= 0.3 is 5.97 Å². The van der Waals surface area contributed by atoms with Crippen LogP contribution in [0.2, 0.25) is 0 Å². The van der Waals surface area contributed by atoms with Crippen molar-refractivity contribution in [3.05, 3.63) is 69.3 Å². The lowest BCUT2D eigenvalue weighted by atomic mass is 9.94. The third-order valence-electron chi connectivity index (χ3n) is 3.66. The lowest BCUT2D eigenvalue weighted by Gasteiger charge is -2.25. The van der Waals surface area contributed by atoms with Crippen molar-refractivity contribution in [3.8, 4) is 5.75 Å². The van der Waals surface area contributed by atoms with Crippen molar-refractivity contribution in [2.24, 2.45) is 0 Å². The summed E-state index contributed by atoms with van der Waals surface area (Å²) in [5.74, 6) is 0.281. The molecule has 0 saturated heterocycles. The van der Waals surface area contributed by atoms with E-state index in [0.717, 1.165) is 11.1 Å². The maximum absolute atomic E-state index is 12.1. The number of carbonyl (C=O) groups excluding carboxylic acids is 1. The molecular weight excluding hydrogens is 286 g/mol. The molecule has 1 heterocycles. The van der Waals surface area contributed by atoms with Gasteiger partial charge in [0.25, 0.3) is 5.69 Å². The molecule has 0 aliphatic carbocycles. The van der Waals surface area contributed by atoms with Gasteiger partial charge in [-0.05, 0) is 41.5 Å². The largest absolute Gasteiger partial charge is 0.497 e. The molecule has 1 unspecified atom stereocenters. The summed E-state index contributed by atoms with van der Waals surface area (Å²) in [6, 6.07) is 11.3. The second kappa shape index (κ2) is 5.48. The van der Waals surface area contributed by atoms with Crippen LogP contribution in [-0.4, -0.2) is 18.0 Å². The van der Waals surface area contributed by atoms with E-state index in [1.54, 1.807) is 31.4 Å². The Kier molecular flexibility index (Phi) is 3.50. The summed E-state index contributed by atoms with van der Waals surface area (Å²) in [5, 5.41) is 10.7. The maximum Gasteiger partial charge on any atom is 0.339 e. The number of hydrogen-bond donors (Lipinski definition) is 0.